The summed E-state index contributed by atoms with van der Waals surface area (Å²) in [6.45, 7) is 0. The van der Waals surface area contributed by atoms with Crippen LogP contribution in [-0.2, 0) is 17.6 Å². The molecule has 1 heterocycles. The van der Waals surface area contributed by atoms with Gasteiger partial charge >= 0.3 is 0 Å². The van der Waals surface area contributed by atoms with Crippen LogP contribution in [0.25, 0.3) is 17.0 Å². The predicted molar refractivity (Wildman–Crippen MR) is 120 cm³/mol. The Hall–Kier alpha value is -3.74. The smallest absolute Gasteiger partial charge is 0.251 e. The van der Waals surface area contributed by atoms with Crippen LogP contribution in [0.1, 0.15) is 23.1 Å². The van der Waals surface area contributed by atoms with Crippen molar-refractivity contribution in [1.82, 2.24) is 4.98 Å². The molecule has 0 fully saturated rings. The summed E-state index contributed by atoms with van der Waals surface area (Å²) in [5, 5.41) is 3.88. The highest BCUT2D eigenvalue weighted by molar-refractivity contribution is 6.03. The first-order valence-corrected chi connectivity index (χ1v) is 10.0. The third-order valence-electron chi connectivity index (χ3n) is 5.47. The SMILES string of the molecule is COc1cc(/C=C/C(=O)Nc2ccc3c4c(c(=O)[nH]c3c2)CCC4)cc(OC)c1OC. The summed E-state index contributed by atoms with van der Waals surface area (Å²) < 4.78 is 16.0. The fraction of sp³-hybridized carbons (Fsp3) is 0.250. The molecule has 160 valence electrons. The summed E-state index contributed by atoms with van der Waals surface area (Å²) >= 11 is 0. The molecule has 2 aromatic carbocycles. The van der Waals surface area contributed by atoms with E-state index in [1.54, 1.807) is 24.3 Å². The van der Waals surface area contributed by atoms with E-state index in [-0.39, 0.29) is 11.5 Å². The number of benzene rings is 2. The van der Waals surface area contributed by atoms with Crippen molar-refractivity contribution in [3.8, 4) is 17.2 Å². The van der Waals surface area contributed by atoms with Crippen LogP contribution in [0, 0.1) is 0 Å². The highest BCUT2D eigenvalue weighted by Crippen LogP contribution is 2.38. The first kappa shape index (κ1) is 20.5. The van der Waals surface area contributed by atoms with Gasteiger partial charge in [-0.2, -0.15) is 0 Å². The van der Waals surface area contributed by atoms with Crippen LogP contribution in [0.5, 0.6) is 17.2 Å². The standard InChI is InChI=1S/C24H24N2O5/c1-29-20-11-14(12-21(30-2)23(20)31-3)7-10-22(27)25-15-8-9-17-16-5-4-6-18(16)24(28)26-19(17)13-15/h7-13H,4-6H2,1-3H3,(H,25,27)(H,26,28)/b10-7+. The number of amides is 1. The zero-order chi connectivity index (χ0) is 22.0. The first-order chi connectivity index (χ1) is 15.0. The Morgan fingerprint density at radius 1 is 1.00 bits per heavy atom. The largest absolute Gasteiger partial charge is 0.493 e. The molecule has 7 heteroatoms. The van der Waals surface area contributed by atoms with E-state index in [1.165, 1.54) is 27.4 Å². The lowest BCUT2D eigenvalue weighted by molar-refractivity contribution is -0.111. The van der Waals surface area contributed by atoms with Crippen LogP contribution >= 0.6 is 0 Å². The number of aromatic nitrogens is 1. The number of anilines is 1. The third-order valence-corrected chi connectivity index (χ3v) is 5.47. The number of methoxy groups -OCH3 is 3. The number of fused-ring (bicyclic) bond motifs is 3. The third kappa shape index (κ3) is 3.99. The predicted octanol–water partition coefficient (Wildman–Crippen LogP) is 3.69. The van der Waals surface area contributed by atoms with Gasteiger partial charge in [0.2, 0.25) is 11.7 Å². The Labute approximate surface area is 179 Å². The van der Waals surface area contributed by atoms with Gasteiger partial charge in [-0.25, -0.2) is 0 Å². The quantitative estimate of drug-likeness (QED) is 0.594. The molecule has 2 N–H and O–H groups in total. The van der Waals surface area contributed by atoms with E-state index in [0.717, 1.165) is 46.9 Å². The summed E-state index contributed by atoms with van der Waals surface area (Å²) in [5.74, 6) is 1.21. The van der Waals surface area contributed by atoms with E-state index >= 15 is 0 Å². The van der Waals surface area contributed by atoms with Gasteiger partial charge in [-0.3, -0.25) is 9.59 Å². The summed E-state index contributed by atoms with van der Waals surface area (Å²) in [4.78, 5) is 27.7. The van der Waals surface area contributed by atoms with Gasteiger partial charge in [-0.1, -0.05) is 6.07 Å². The average molecular weight is 420 g/mol. The van der Waals surface area contributed by atoms with Crippen molar-refractivity contribution in [2.75, 3.05) is 26.6 Å². The molecule has 1 aromatic heterocycles. The van der Waals surface area contributed by atoms with Gasteiger partial charge in [0, 0.05) is 22.7 Å². The molecule has 0 spiro atoms. The number of aryl methyl sites for hydroxylation is 1. The molecule has 31 heavy (non-hydrogen) atoms. The number of ether oxygens (including phenoxy) is 3. The van der Waals surface area contributed by atoms with Crippen LogP contribution in [-0.4, -0.2) is 32.2 Å². The minimum absolute atomic E-state index is 0.0363. The van der Waals surface area contributed by atoms with Crippen molar-refractivity contribution in [3.63, 3.8) is 0 Å². The zero-order valence-corrected chi connectivity index (χ0v) is 17.7. The minimum Gasteiger partial charge on any atom is -0.493 e. The average Bonchev–Trinajstić information content (AvgIpc) is 3.27. The molecule has 1 amide bonds. The number of hydrogen-bond donors (Lipinski definition) is 2. The number of H-pyrrole nitrogens is 1. The fourth-order valence-corrected chi connectivity index (χ4v) is 4.03. The number of hydrogen-bond acceptors (Lipinski definition) is 5. The lowest BCUT2D eigenvalue weighted by Gasteiger charge is -2.12. The lowest BCUT2D eigenvalue weighted by Crippen LogP contribution is -2.13. The number of rotatable bonds is 6. The highest BCUT2D eigenvalue weighted by atomic mass is 16.5. The molecule has 4 rings (SSSR count). The second-order valence-electron chi connectivity index (χ2n) is 7.31. The molecule has 0 aliphatic heterocycles. The van der Waals surface area contributed by atoms with E-state index in [4.69, 9.17) is 14.2 Å². The van der Waals surface area contributed by atoms with Crippen LogP contribution < -0.4 is 25.1 Å². The Morgan fingerprint density at radius 2 is 1.71 bits per heavy atom. The lowest BCUT2D eigenvalue weighted by atomic mass is 10.1. The normalized spacial score (nSPS) is 12.7. The number of carbonyl (C=O) groups is 1. The maximum atomic E-state index is 12.5. The Kier molecular flexibility index (Phi) is 5.66. The second kappa shape index (κ2) is 8.55. The Morgan fingerprint density at radius 3 is 2.39 bits per heavy atom. The second-order valence-corrected chi connectivity index (χ2v) is 7.31. The van der Waals surface area contributed by atoms with Crippen LogP contribution in [0.15, 0.2) is 41.2 Å². The summed E-state index contributed by atoms with van der Waals surface area (Å²) in [6, 6.07) is 9.11. The molecule has 0 saturated heterocycles. The molecule has 7 nitrogen and oxygen atoms in total. The molecule has 1 aliphatic rings. The number of carbonyl (C=O) groups excluding carboxylic acids is 1. The summed E-state index contributed by atoms with van der Waals surface area (Å²) in [5.41, 5.74) is 4.04. The molecular weight excluding hydrogens is 396 g/mol. The zero-order valence-electron chi connectivity index (χ0n) is 17.7. The van der Waals surface area contributed by atoms with Crippen molar-refractivity contribution in [2.24, 2.45) is 0 Å². The van der Waals surface area contributed by atoms with Crippen molar-refractivity contribution in [1.29, 1.82) is 0 Å². The van der Waals surface area contributed by atoms with Gasteiger partial charge in [0.25, 0.3) is 5.56 Å². The van der Waals surface area contributed by atoms with Gasteiger partial charge in [-0.15, -0.1) is 0 Å². The molecule has 0 bridgehead atoms. The molecule has 1 aliphatic carbocycles. The maximum Gasteiger partial charge on any atom is 0.251 e. The van der Waals surface area contributed by atoms with Crippen molar-refractivity contribution < 1.29 is 19.0 Å². The topological polar surface area (TPSA) is 89.7 Å². The molecular formula is C24H24N2O5. The number of pyridine rings is 1. The summed E-state index contributed by atoms with van der Waals surface area (Å²) in [6.07, 6.45) is 5.83. The van der Waals surface area contributed by atoms with E-state index in [1.807, 2.05) is 12.1 Å². The monoisotopic (exact) mass is 420 g/mol. The fourth-order valence-electron chi connectivity index (χ4n) is 4.03. The summed E-state index contributed by atoms with van der Waals surface area (Å²) in [7, 11) is 4.61. The van der Waals surface area contributed by atoms with Crippen molar-refractivity contribution >= 4 is 28.6 Å². The Bertz CT molecular complexity index is 1220. The highest BCUT2D eigenvalue weighted by Gasteiger charge is 2.18. The molecule has 0 saturated carbocycles. The first-order valence-electron chi connectivity index (χ1n) is 10.0. The van der Waals surface area contributed by atoms with Crippen LogP contribution in [0.3, 0.4) is 0 Å². The van der Waals surface area contributed by atoms with Crippen LogP contribution in [0.2, 0.25) is 0 Å². The van der Waals surface area contributed by atoms with Gasteiger partial charge in [0.15, 0.2) is 11.5 Å². The van der Waals surface area contributed by atoms with Gasteiger partial charge < -0.3 is 24.5 Å². The number of nitrogens with one attached hydrogen (secondary N) is 2. The Balaban J connectivity index is 1.55. The van der Waals surface area contributed by atoms with E-state index < -0.39 is 0 Å². The molecule has 3 aromatic rings. The number of aromatic amines is 1. The van der Waals surface area contributed by atoms with Crippen LogP contribution in [0.4, 0.5) is 5.69 Å². The molecule has 0 radical (unpaired) electrons. The van der Waals surface area contributed by atoms with Gasteiger partial charge in [0.05, 0.1) is 26.8 Å². The van der Waals surface area contributed by atoms with E-state index in [2.05, 4.69) is 10.3 Å². The minimum atomic E-state index is -0.295. The van der Waals surface area contributed by atoms with Crippen molar-refractivity contribution in [3.05, 3.63) is 63.5 Å². The van der Waals surface area contributed by atoms with E-state index in [0.29, 0.717) is 22.9 Å². The maximum absolute atomic E-state index is 12.5. The molecule has 0 unspecified atom stereocenters. The van der Waals surface area contributed by atoms with Gasteiger partial charge in [-0.05, 0) is 60.7 Å². The molecule has 0 atom stereocenters. The van der Waals surface area contributed by atoms with Gasteiger partial charge in [0.1, 0.15) is 0 Å². The van der Waals surface area contributed by atoms with Crippen molar-refractivity contribution in [2.45, 2.75) is 19.3 Å². The van der Waals surface area contributed by atoms with E-state index in [9.17, 15) is 9.59 Å².